The summed E-state index contributed by atoms with van der Waals surface area (Å²) in [6.07, 6.45) is 1.14. The molecule has 6 heteroatoms. The first-order valence-electron chi connectivity index (χ1n) is 8.30. The fraction of sp³-hybridized carbons (Fsp3) is 0.0952. The molecular weight excluding hydrogens is 362 g/mol. The van der Waals surface area contributed by atoms with Gasteiger partial charge in [-0.1, -0.05) is 30.3 Å². The molecule has 0 heterocycles. The number of sulfone groups is 1. The van der Waals surface area contributed by atoms with E-state index < -0.39 is 9.84 Å². The molecule has 0 radical (unpaired) electrons. The second-order valence-electron chi connectivity index (χ2n) is 6.05. The number of benzene rings is 3. The minimum absolute atomic E-state index is 0.211. The SMILES string of the molecule is CS(=O)(=O)c1ccc(NC(=O)c2ccc(COc3ccccc3)cc2)cc1. The highest BCUT2D eigenvalue weighted by Crippen LogP contribution is 2.16. The number of ether oxygens (including phenoxy) is 1. The van der Waals surface area contributed by atoms with E-state index in [2.05, 4.69) is 5.32 Å². The minimum atomic E-state index is -3.26. The van der Waals surface area contributed by atoms with Crippen molar-refractivity contribution in [2.45, 2.75) is 11.5 Å². The van der Waals surface area contributed by atoms with Gasteiger partial charge in [0.2, 0.25) is 0 Å². The lowest BCUT2D eigenvalue weighted by Crippen LogP contribution is -2.12. The summed E-state index contributed by atoms with van der Waals surface area (Å²) in [5, 5.41) is 2.75. The topological polar surface area (TPSA) is 72.5 Å². The normalized spacial score (nSPS) is 11.0. The van der Waals surface area contributed by atoms with Crippen molar-refractivity contribution in [2.24, 2.45) is 0 Å². The number of carbonyl (C=O) groups excluding carboxylic acids is 1. The smallest absolute Gasteiger partial charge is 0.255 e. The summed E-state index contributed by atoms with van der Waals surface area (Å²) < 4.78 is 28.6. The van der Waals surface area contributed by atoms with Gasteiger partial charge in [0, 0.05) is 17.5 Å². The molecule has 0 aliphatic carbocycles. The fourth-order valence-corrected chi connectivity index (χ4v) is 3.05. The minimum Gasteiger partial charge on any atom is -0.489 e. The van der Waals surface area contributed by atoms with Crippen LogP contribution in [-0.4, -0.2) is 20.6 Å². The first kappa shape index (κ1) is 18.7. The molecule has 0 unspecified atom stereocenters. The van der Waals surface area contributed by atoms with Crippen LogP contribution >= 0.6 is 0 Å². The van der Waals surface area contributed by atoms with E-state index in [9.17, 15) is 13.2 Å². The summed E-state index contributed by atoms with van der Waals surface area (Å²) in [6, 6.07) is 22.7. The quantitative estimate of drug-likeness (QED) is 0.702. The lowest BCUT2D eigenvalue weighted by molar-refractivity contribution is 0.102. The Morgan fingerprint density at radius 3 is 2.11 bits per heavy atom. The zero-order valence-corrected chi connectivity index (χ0v) is 15.6. The van der Waals surface area contributed by atoms with Gasteiger partial charge in [-0.15, -0.1) is 0 Å². The Bertz CT molecular complexity index is 1010. The third-order valence-corrected chi connectivity index (χ3v) is 5.03. The van der Waals surface area contributed by atoms with E-state index in [0.717, 1.165) is 17.6 Å². The molecule has 0 aliphatic heterocycles. The Hall–Kier alpha value is -3.12. The number of hydrogen-bond donors (Lipinski definition) is 1. The third-order valence-electron chi connectivity index (χ3n) is 3.91. The van der Waals surface area contributed by atoms with E-state index in [0.29, 0.717) is 17.9 Å². The van der Waals surface area contributed by atoms with E-state index in [1.54, 1.807) is 24.3 Å². The standard InChI is InChI=1S/C21H19NO4S/c1-27(24,25)20-13-11-18(12-14-20)22-21(23)17-9-7-16(8-10-17)15-26-19-5-3-2-4-6-19/h2-14H,15H2,1H3,(H,22,23). The number of nitrogens with one attached hydrogen (secondary N) is 1. The number of anilines is 1. The van der Waals surface area contributed by atoms with E-state index in [1.807, 2.05) is 42.5 Å². The predicted octanol–water partition coefficient (Wildman–Crippen LogP) is 3.92. The summed E-state index contributed by atoms with van der Waals surface area (Å²) in [7, 11) is -3.26. The fourth-order valence-electron chi connectivity index (χ4n) is 2.42. The van der Waals surface area contributed by atoms with Crippen LogP contribution in [0.4, 0.5) is 5.69 Å². The van der Waals surface area contributed by atoms with Crippen molar-refractivity contribution in [3.8, 4) is 5.75 Å². The third kappa shape index (κ3) is 5.18. The second kappa shape index (κ2) is 8.05. The molecule has 27 heavy (non-hydrogen) atoms. The molecule has 0 aromatic heterocycles. The molecule has 3 rings (SSSR count). The lowest BCUT2D eigenvalue weighted by atomic mass is 10.1. The molecular formula is C21H19NO4S. The van der Waals surface area contributed by atoms with E-state index in [-0.39, 0.29) is 10.8 Å². The van der Waals surface area contributed by atoms with Crippen LogP contribution in [-0.2, 0) is 16.4 Å². The molecule has 0 saturated carbocycles. The largest absolute Gasteiger partial charge is 0.489 e. The van der Waals surface area contributed by atoms with Gasteiger partial charge < -0.3 is 10.1 Å². The van der Waals surface area contributed by atoms with Crippen molar-refractivity contribution in [1.29, 1.82) is 0 Å². The van der Waals surface area contributed by atoms with Crippen molar-refractivity contribution >= 4 is 21.4 Å². The summed E-state index contributed by atoms with van der Waals surface area (Å²) in [5.41, 5.74) is 1.99. The van der Waals surface area contributed by atoms with Gasteiger partial charge in [-0.3, -0.25) is 4.79 Å². The average molecular weight is 381 g/mol. The molecule has 0 atom stereocenters. The highest BCUT2D eigenvalue weighted by molar-refractivity contribution is 7.90. The summed E-state index contributed by atoms with van der Waals surface area (Å²) in [4.78, 5) is 12.5. The van der Waals surface area contributed by atoms with E-state index >= 15 is 0 Å². The Morgan fingerprint density at radius 2 is 1.52 bits per heavy atom. The van der Waals surface area contributed by atoms with Crippen molar-refractivity contribution in [1.82, 2.24) is 0 Å². The number of hydrogen-bond acceptors (Lipinski definition) is 4. The van der Waals surface area contributed by atoms with Crippen LogP contribution in [0.1, 0.15) is 15.9 Å². The summed E-state index contributed by atoms with van der Waals surface area (Å²) in [6.45, 7) is 0.416. The van der Waals surface area contributed by atoms with Crippen LogP contribution in [0, 0.1) is 0 Å². The van der Waals surface area contributed by atoms with Gasteiger partial charge in [0.1, 0.15) is 12.4 Å². The Kier molecular flexibility index (Phi) is 5.57. The number of carbonyl (C=O) groups is 1. The van der Waals surface area contributed by atoms with Gasteiger partial charge in [-0.25, -0.2) is 8.42 Å². The van der Waals surface area contributed by atoms with Gasteiger partial charge in [-0.2, -0.15) is 0 Å². The second-order valence-corrected chi connectivity index (χ2v) is 8.07. The molecule has 3 aromatic carbocycles. The molecule has 0 fully saturated rings. The summed E-state index contributed by atoms with van der Waals surface area (Å²) >= 11 is 0. The van der Waals surface area contributed by atoms with Gasteiger partial charge in [0.15, 0.2) is 9.84 Å². The molecule has 3 aromatic rings. The first-order valence-corrected chi connectivity index (χ1v) is 10.2. The molecule has 0 saturated heterocycles. The van der Waals surface area contributed by atoms with Crippen LogP contribution in [0.2, 0.25) is 0 Å². The summed E-state index contributed by atoms with van der Waals surface area (Å²) in [5.74, 6) is 0.523. The zero-order valence-electron chi connectivity index (χ0n) is 14.8. The Balaban J connectivity index is 1.60. The first-order chi connectivity index (χ1) is 12.9. The molecule has 0 aliphatic rings. The zero-order chi connectivity index (χ0) is 19.3. The lowest BCUT2D eigenvalue weighted by Gasteiger charge is -2.08. The Labute approximate surface area is 158 Å². The van der Waals surface area contributed by atoms with Crippen molar-refractivity contribution in [3.05, 3.63) is 90.0 Å². The molecule has 1 amide bonds. The highest BCUT2D eigenvalue weighted by Gasteiger charge is 2.09. The van der Waals surface area contributed by atoms with E-state index in [1.165, 1.54) is 12.1 Å². The van der Waals surface area contributed by atoms with Gasteiger partial charge >= 0.3 is 0 Å². The van der Waals surface area contributed by atoms with E-state index in [4.69, 9.17) is 4.74 Å². The number of rotatable bonds is 6. The molecule has 138 valence electrons. The number of para-hydroxylation sites is 1. The average Bonchev–Trinajstić information content (AvgIpc) is 2.67. The van der Waals surface area contributed by atoms with Crippen molar-refractivity contribution in [3.63, 3.8) is 0 Å². The molecule has 0 spiro atoms. The van der Waals surface area contributed by atoms with Crippen molar-refractivity contribution < 1.29 is 17.9 Å². The van der Waals surface area contributed by atoms with Gasteiger partial charge in [0.05, 0.1) is 4.90 Å². The maximum Gasteiger partial charge on any atom is 0.255 e. The van der Waals surface area contributed by atoms with Gasteiger partial charge in [-0.05, 0) is 54.1 Å². The molecule has 5 nitrogen and oxygen atoms in total. The van der Waals surface area contributed by atoms with Crippen LogP contribution < -0.4 is 10.1 Å². The Morgan fingerprint density at radius 1 is 0.889 bits per heavy atom. The monoisotopic (exact) mass is 381 g/mol. The van der Waals surface area contributed by atoms with Crippen LogP contribution in [0.5, 0.6) is 5.75 Å². The maximum atomic E-state index is 12.3. The van der Waals surface area contributed by atoms with Crippen LogP contribution in [0.15, 0.2) is 83.8 Å². The predicted molar refractivity (Wildman–Crippen MR) is 105 cm³/mol. The highest BCUT2D eigenvalue weighted by atomic mass is 32.2. The van der Waals surface area contributed by atoms with Gasteiger partial charge in [0.25, 0.3) is 5.91 Å². The number of amides is 1. The van der Waals surface area contributed by atoms with Crippen molar-refractivity contribution in [2.75, 3.05) is 11.6 Å². The van der Waals surface area contributed by atoms with Crippen LogP contribution in [0.25, 0.3) is 0 Å². The molecule has 1 N–H and O–H groups in total. The van der Waals surface area contributed by atoms with Crippen LogP contribution in [0.3, 0.4) is 0 Å². The maximum absolute atomic E-state index is 12.3. The molecule has 0 bridgehead atoms.